The monoisotopic (exact) mass is 427 g/mol. The van der Waals surface area contributed by atoms with Gasteiger partial charge in [-0.2, -0.15) is 0 Å². The lowest BCUT2D eigenvalue weighted by atomic mass is 10.1. The van der Waals surface area contributed by atoms with Gasteiger partial charge in [-0.05, 0) is 54.9 Å². The van der Waals surface area contributed by atoms with E-state index in [0.717, 1.165) is 24.2 Å². The summed E-state index contributed by atoms with van der Waals surface area (Å²) in [4.78, 5) is 24.2. The minimum absolute atomic E-state index is 0.0318. The Morgan fingerprint density at radius 1 is 0.933 bits per heavy atom. The number of ether oxygens (including phenoxy) is 1. The van der Waals surface area contributed by atoms with Crippen LogP contribution in [0.3, 0.4) is 0 Å². The van der Waals surface area contributed by atoms with Gasteiger partial charge in [-0.1, -0.05) is 56.5 Å². The highest BCUT2D eigenvalue weighted by atomic mass is 32.1. The molecule has 0 spiro atoms. The highest BCUT2D eigenvalue weighted by Gasteiger charge is 2.09. The van der Waals surface area contributed by atoms with Gasteiger partial charge in [0.1, 0.15) is 5.75 Å². The molecule has 0 atom stereocenters. The van der Waals surface area contributed by atoms with Gasteiger partial charge in [-0.15, -0.1) is 0 Å². The number of carbonyl (C=O) groups is 2. The molecule has 3 N–H and O–H groups in total. The molecule has 160 valence electrons. The Kier molecular flexibility index (Phi) is 10.4. The van der Waals surface area contributed by atoms with E-state index in [1.54, 1.807) is 24.3 Å². The zero-order valence-corrected chi connectivity index (χ0v) is 18.1. The van der Waals surface area contributed by atoms with Crippen molar-refractivity contribution in [2.45, 2.75) is 45.4 Å². The van der Waals surface area contributed by atoms with E-state index in [1.165, 1.54) is 12.8 Å². The lowest BCUT2D eigenvalue weighted by molar-refractivity contribution is -0.121. The van der Waals surface area contributed by atoms with Crippen molar-refractivity contribution >= 4 is 29.1 Å². The summed E-state index contributed by atoms with van der Waals surface area (Å²) in [7, 11) is 0. The molecular formula is C23H29N3O3S. The van der Waals surface area contributed by atoms with Crippen molar-refractivity contribution in [3.63, 3.8) is 0 Å². The molecule has 0 aliphatic carbocycles. The Balaban J connectivity index is 1.66. The maximum absolute atomic E-state index is 12.3. The van der Waals surface area contributed by atoms with E-state index < -0.39 is 0 Å². The Bertz CT molecular complexity index is 810. The predicted molar refractivity (Wildman–Crippen MR) is 122 cm³/mol. The summed E-state index contributed by atoms with van der Waals surface area (Å²) in [6, 6.07) is 16.6. The molecule has 0 heterocycles. The summed E-state index contributed by atoms with van der Waals surface area (Å²) < 4.78 is 5.67. The minimum Gasteiger partial charge on any atom is -0.494 e. The Hall–Kier alpha value is -2.93. The first-order valence-corrected chi connectivity index (χ1v) is 10.7. The summed E-state index contributed by atoms with van der Waals surface area (Å²) in [6.07, 6.45) is 5.52. The lowest BCUT2D eigenvalue weighted by Gasteiger charge is -2.11. The van der Waals surface area contributed by atoms with Crippen molar-refractivity contribution in [3.05, 3.63) is 65.7 Å². The van der Waals surface area contributed by atoms with E-state index in [-0.39, 0.29) is 16.9 Å². The van der Waals surface area contributed by atoms with Crippen molar-refractivity contribution in [1.82, 2.24) is 16.2 Å². The second-order valence-electron chi connectivity index (χ2n) is 6.88. The van der Waals surface area contributed by atoms with Crippen molar-refractivity contribution in [2.75, 3.05) is 6.61 Å². The molecule has 0 saturated carbocycles. The Labute approximate surface area is 183 Å². The molecule has 0 saturated heterocycles. The molecule has 0 radical (unpaired) electrons. The van der Waals surface area contributed by atoms with Gasteiger partial charge in [0.15, 0.2) is 5.11 Å². The summed E-state index contributed by atoms with van der Waals surface area (Å²) in [6.45, 7) is 2.84. The van der Waals surface area contributed by atoms with Gasteiger partial charge in [0.2, 0.25) is 5.91 Å². The normalized spacial score (nSPS) is 10.2. The number of benzene rings is 2. The van der Waals surface area contributed by atoms with Crippen LogP contribution in [0.2, 0.25) is 0 Å². The Morgan fingerprint density at radius 3 is 2.37 bits per heavy atom. The average molecular weight is 428 g/mol. The first-order chi connectivity index (χ1) is 14.6. The lowest BCUT2D eigenvalue weighted by Crippen LogP contribution is -2.48. The maximum Gasteiger partial charge on any atom is 0.257 e. The fraction of sp³-hybridized carbons (Fsp3) is 0.348. The van der Waals surface area contributed by atoms with Crippen LogP contribution in [0.5, 0.6) is 5.75 Å². The molecule has 7 heteroatoms. The maximum atomic E-state index is 12.3. The largest absolute Gasteiger partial charge is 0.494 e. The topological polar surface area (TPSA) is 79.5 Å². The molecule has 0 fully saturated rings. The molecule has 2 aromatic carbocycles. The molecule has 30 heavy (non-hydrogen) atoms. The van der Waals surface area contributed by atoms with Gasteiger partial charge < -0.3 is 4.74 Å². The highest BCUT2D eigenvalue weighted by molar-refractivity contribution is 7.80. The molecule has 2 rings (SSSR count). The van der Waals surface area contributed by atoms with E-state index in [9.17, 15) is 9.59 Å². The highest BCUT2D eigenvalue weighted by Crippen LogP contribution is 2.13. The summed E-state index contributed by atoms with van der Waals surface area (Å²) in [5.74, 6) is 0.158. The number of unbranched alkanes of at least 4 members (excludes halogenated alkanes) is 3. The summed E-state index contributed by atoms with van der Waals surface area (Å²) in [5.41, 5.74) is 6.57. The zero-order chi connectivity index (χ0) is 21.6. The van der Waals surface area contributed by atoms with Gasteiger partial charge >= 0.3 is 0 Å². The van der Waals surface area contributed by atoms with E-state index >= 15 is 0 Å². The first kappa shape index (κ1) is 23.3. The van der Waals surface area contributed by atoms with Gasteiger partial charge in [-0.25, -0.2) is 0 Å². The van der Waals surface area contributed by atoms with E-state index in [1.807, 2.05) is 30.3 Å². The van der Waals surface area contributed by atoms with Gasteiger partial charge in [0.05, 0.1) is 6.61 Å². The standard InChI is InChI=1S/C23H29N3O3S/c1-2-3-4-8-17-29-20-14-12-19(13-15-20)22(28)24-23(30)26-25-21(27)16-11-18-9-6-5-7-10-18/h5-7,9-10,12-15H,2-4,8,11,16-17H2,1H3,(H,25,27)(H2,24,26,28,30). The number of rotatable bonds is 10. The fourth-order valence-corrected chi connectivity index (χ4v) is 2.86. The number of hydrogen-bond acceptors (Lipinski definition) is 4. The van der Waals surface area contributed by atoms with Crippen molar-refractivity contribution < 1.29 is 14.3 Å². The van der Waals surface area contributed by atoms with Crippen LogP contribution in [-0.4, -0.2) is 23.5 Å². The quantitative estimate of drug-likeness (QED) is 0.304. The number of carbonyl (C=O) groups excluding carboxylic acids is 2. The average Bonchev–Trinajstić information content (AvgIpc) is 2.77. The van der Waals surface area contributed by atoms with E-state index in [4.69, 9.17) is 17.0 Å². The summed E-state index contributed by atoms with van der Waals surface area (Å²) >= 11 is 5.06. The van der Waals surface area contributed by atoms with Crippen LogP contribution < -0.4 is 20.9 Å². The molecule has 0 unspecified atom stereocenters. The molecule has 0 aromatic heterocycles. The molecule has 2 aromatic rings. The first-order valence-electron chi connectivity index (χ1n) is 10.3. The molecule has 2 amide bonds. The summed E-state index contributed by atoms with van der Waals surface area (Å²) in [5, 5.41) is 2.57. The number of amides is 2. The van der Waals surface area contributed by atoms with Crippen LogP contribution in [-0.2, 0) is 11.2 Å². The molecule has 0 aliphatic heterocycles. The molecule has 6 nitrogen and oxygen atoms in total. The third kappa shape index (κ3) is 9.05. The van der Waals surface area contributed by atoms with Crippen molar-refractivity contribution in [2.24, 2.45) is 0 Å². The van der Waals surface area contributed by atoms with Crippen molar-refractivity contribution in [1.29, 1.82) is 0 Å². The molecular weight excluding hydrogens is 398 g/mol. The molecule has 0 bridgehead atoms. The number of nitrogens with one attached hydrogen (secondary N) is 3. The smallest absolute Gasteiger partial charge is 0.257 e. The van der Waals surface area contributed by atoms with Crippen molar-refractivity contribution in [3.8, 4) is 5.75 Å². The zero-order valence-electron chi connectivity index (χ0n) is 17.3. The predicted octanol–water partition coefficient (Wildman–Crippen LogP) is 3.91. The second-order valence-corrected chi connectivity index (χ2v) is 7.28. The number of aryl methyl sites for hydroxylation is 1. The SMILES string of the molecule is CCCCCCOc1ccc(C(=O)NC(=S)NNC(=O)CCc2ccccc2)cc1. The second kappa shape index (κ2) is 13.3. The van der Waals surface area contributed by atoms with Crippen LogP contribution in [0, 0.1) is 0 Å². The van der Waals surface area contributed by atoms with Gasteiger partial charge in [0.25, 0.3) is 5.91 Å². The number of hydrogen-bond donors (Lipinski definition) is 3. The van der Waals surface area contributed by atoms with E-state index in [0.29, 0.717) is 25.0 Å². The number of hydrazine groups is 1. The fourth-order valence-electron chi connectivity index (χ4n) is 2.72. The molecule has 0 aliphatic rings. The number of thiocarbonyl (C=S) groups is 1. The Morgan fingerprint density at radius 2 is 1.67 bits per heavy atom. The third-order valence-corrected chi connectivity index (χ3v) is 4.61. The van der Waals surface area contributed by atoms with Crippen LogP contribution in [0.15, 0.2) is 54.6 Å². The van der Waals surface area contributed by atoms with E-state index in [2.05, 4.69) is 23.1 Å². The third-order valence-electron chi connectivity index (χ3n) is 4.41. The van der Waals surface area contributed by atoms with Crippen LogP contribution >= 0.6 is 12.2 Å². The van der Waals surface area contributed by atoms with Crippen LogP contribution in [0.4, 0.5) is 0 Å². The minimum atomic E-state index is -0.361. The van der Waals surface area contributed by atoms with Crippen LogP contribution in [0.25, 0.3) is 0 Å². The van der Waals surface area contributed by atoms with Crippen LogP contribution in [0.1, 0.15) is 54.9 Å². The van der Waals surface area contributed by atoms with Gasteiger partial charge in [0, 0.05) is 12.0 Å². The van der Waals surface area contributed by atoms with Gasteiger partial charge in [-0.3, -0.25) is 25.8 Å².